The fourth-order valence-corrected chi connectivity index (χ4v) is 1.93. The monoisotopic (exact) mass is 278 g/mol. The number of nitrogens with zero attached hydrogens (tertiary/aromatic N) is 2. The van der Waals surface area contributed by atoms with Crippen LogP contribution < -0.4 is 0 Å². The minimum atomic E-state index is -0.473. The van der Waals surface area contributed by atoms with E-state index in [-0.39, 0.29) is 0 Å². The summed E-state index contributed by atoms with van der Waals surface area (Å²) in [5, 5.41) is 4.36. The fraction of sp³-hybridized carbons (Fsp3) is 0.154. The summed E-state index contributed by atoms with van der Waals surface area (Å²) in [6, 6.07) is 5.05. The second-order valence-electron chi connectivity index (χ2n) is 3.89. The van der Waals surface area contributed by atoms with Crippen LogP contribution in [0.5, 0.6) is 0 Å². The zero-order valence-electron chi connectivity index (χ0n) is 10.2. The van der Waals surface area contributed by atoms with Crippen LogP contribution in [0.1, 0.15) is 26.3 Å². The van der Waals surface area contributed by atoms with E-state index in [0.29, 0.717) is 22.7 Å². The summed E-state index contributed by atoms with van der Waals surface area (Å²) in [4.78, 5) is 21.9. The third kappa shape index (κ3) is 3.00. The summed E-state index contributed by atoms with van der Waals surface area (Å²) in [6.45, 7) is 0.467. The Labute approximate surface area is 114 Å². The first-order valence-corrected chi connectivity index (χ1v) is 5.86. The van der Waals surface area contributed by atoms with Gasteiger partial charge in [0.05, 0.1) is 36.0 Å². The lowest BCUT2D eigenvalue weighted by molar-refractivity contribution is 0.0601. The normalized spacial score (nSPS) is 10.2. The molecule has 0 atom stereocenters. The Morgan fingerprint density at radius 1 is 1.53 bits per heavy atom. The number of rotatable bonds is 4. The topological polar surface area (TPSA) is 61.2 Å². The van der Waals surface area contributed by atoms with Crippen molar-refractivity contribution in [3.8, 4) is 0 Å². The summed E-state index contributed by atoms with van der Waals surface area (Å²) in [5.74, 6) is -0.473. The highest BCUT2D eigenvalue weighted by Crippen LogP contribution is 2.19. The van der Waals surface area contributed by atoms with Gasteiger partial charge in [0.25, 0.3) is 0 Å². The van der Waals surface area contributed by atoms with Crippen molar-refractivity contribution >= 4 is 23.9 Å². The number of hydrogen-bond donors (Lipinski definition) is 0. The highest BCUT2D eigenvalue weighted by molar-refractivity contribution is 6.33. The van der Waals surface area contributed by atoms with E-state index in [0.717, 1.165) is 11.8 Å². The molecular weight excluding hydrogens is 268 g/mol. The average molecular weight is 279 g/mol. The van der Waals surface area contributed by atoms with E-state index in [1.165, 1.54) is 13.3 Å². The van der Waals surface area contributed by atoms with E-state index >= 15 is 0 Å². The van der Waals surface area contributed by atoms with Gasteiger partial charge in [0.2, 0.25) is 0 Å². The van der Waals surface area contributed by atoms with E-state index < -0.39 is 5.97 Å². The number of benzene rings is 1. The maximum absolute atomic E-state index is 11.4. The van der Waals surface area contributed by atoms with Crippen molar-refractivity contribution in [2.45, 2.75) is 6.54 Å². The predicted molar refractivity (Wildman–Crippen MR) is 69.5 cm³/mol. The standard InChI is InChI=1S/C13H11ClN2O3/c1-19-13(18)11-3-2-9(4-12(11)14)6-16-7-10(8-17)5-15-16/h2-5,7-8H,6H2,1H3. The van der Waals surface area contributed by atoms with Crippen LogP contribution in [0, 0.1) is 0 Å². The molecule has 1 aromatic carbocycles. The van der Waals surface area contributed by atoms with Crippen LogP contribution in [0.25, 0.3) is 0 Å². The minimum Gasteiger partial charge on any atom is -0.465 e. The van der Waals surface area contributed by atoms with Crippen molar-refractivity contribution in [1.29, 1.82) is 0 Å². The molecule has 2 aromatic rings. The summed E-state index contributed by atoms with van der Waals surface area (Å²) in [7, 11) is 1.30. The van der Waals surface area contributed by atoms with Gasteiger partial charge in [-0.3, -0.25) is 9.48 Å². The number of aromatic nitrogens is 2. The van der Waals surface area contributed by atoms with Crippen LogP contribution in [0.3, 0.4) is 0 Å². The van der Waals surface area contributed by atoms with Crippen molar-refractivity contribution in [3.63, 3.8) is 0 Å². The molecule has 19 heavy (non-hydrogen) atoms. The van der Waals surface area contributed by atoms with E-state index in [1.807, 2.05) is 0 Å². The summed E-state index contributed by atoms with van der Waals surface area (Å²) >= 11 is 6.02. The number of ether oxygens (including phenoxy) is 1. The van der Waals surface area contributed by atoms with Crippen LogP contribution in [0.15, 0.2) is 30.6 Å². The molecule has 98 valence electrons. The van der Waals surface area contributed by atoms with E-state index in [2.05, 4.69) is 9.84 Å². The van der Waals surface area contributed by atoms with Crippen molar-refractivity contribution in [2.24, 2.45) is 0 Å². The lowest BCUT2D eigenvalue weighted by Crippen LogP contribution is -2.04. The van der Waals surface area contributed by atoms with Gasteiger partial charge < -0.3 is 4.74 Å². The molecule has 0 amide bonds. The average Bonchev–Trinajstić information content (AvgIpc) is 2.86. The molecule has 0 saturated heterocycles. The summed E-state index contributed by atoms with van der Waals surface area (Å²) in [5.41, 5.74) is 1.71. The highest BCUT2D eigenvalue weighted by Gasteiger charge is 2.11. The second kappa shape index (κ2) is 5.67. The molecule has 1 heterocycles. The lowest BCUT2D eigenvalue weighted by Gasteiger charge is -2.06. The maximum atomic E-state index is 11.4. The van der Waals surface area contributed by atoms with Gasteiger partial charge in [-0.1, -0.05) is 17.7 Å². The van der Waals surface area contributed by atoms with Gasteiger partial charge >= 0.3 is 5.97 Å². The Hall–Kier alpha value is -2.14. The van der Waals surface area contributed by atoms with E-state index in [1.54, 1.807) is 29.1 Å². The molecule has 0 bridgehead atoms. The molecule has 0 aliphatic carbocycles. The molecule has 0 N–H and O–H groups in total. The quantitative estimate of drug-likeness (QED) is 0.635. The number of aldehydes is 1. The molecule has 0 radical (unpaired) electrons. The number of carbonyl (C=O) groups is 2. The van der Waals surface area contributed by atoms with Gasteiger partial charge in [-0.25, -0.2) is 4.79 Å². The van der Waals surface area contributed by atoms with Crippen LogP contribution >= 0.6 is 11.6 Å². The molecule has 0 fully saturated rings. The Kier molecular flexibility index (Phi) is 3.97. The minimum absolute atomic E-state index is 0.321. The van der Waals surface area contributed by atoms with Crippen molar-refractivity contribution in [1.82, 2.24) is 9.78 Å². The van der Waals surface area contributed by atoms with Crippen LogP contribution in [0.4, 0.5) is 0 Å². The van der Waals surface area contributed by atoms with E-state index in [4.69, 9.17) is 11.6 Å². The van der Waals surface area contributed by atoms with Crippen LogP contribution in [-0.4, -0.2) is 29.1 Å². The molecule has 0 aliphatic rings. The second-order valence-corrected chi connectivity index (χ2v) is 4.30. The number of methoxy groups -OCH3 is 1. The smallest absolute Gasteiger partial charge is 0.339 e. The van der Waals surface area contributed by atoms with Crippen LogP contribution in [-0.2, 0) is 11.3 Å². The zero-order valence-corrected chi connectivity index (χ0v) is 10.9. The zero-order chi connectivity index (χ0) is 13.8. The van der Waals surface area contributed by atoms with Gasteiger partial charge in [0, 0.05) is 6.20 Å². The first-order valence-electron chi connectivity index (χ1n) is 5.48. The summed E-state index contributed by atoms with van der Waals surface area (Å²) < 4.78 is 6.23. The Morgan fingerprint density at radius 3 is 2.89 bits per heavy atom. The largest absolute Gasteiger partial charge is 0.465 e. The van der Waals surface area contributed by atoms with E-state index in [9.17, 15) is 9.59 Å². The van der Waals surface area contributed by atoms with Gasteiger partial charge in [-0.15, -0.1) is 0 Å². The Morgan fingerprint density at radius 2 is 2.32 bits per heavy atom. The first-order chi connectivity index (χ1) is 9.13. The van der Waals surface area contributed by atoms with Gasteiger partial charge in [0.15, 0.2) is 6.29 Å². The van der Waals surface area contributed by atoms with Crippen molar-refractivity contribution in [2.75, 3.05) is 7.11 Å². The number of esters is 1. The predicted octanol–water partition coefficient (Wildman–Crippen LogP) is 2.18. The Bertz CT molecular complexity index is 622. The van der Waals surface area contributed by atoms with Crippen molar-refractivity contribution < 1.29 is 14.3 Å². The lowest BCUT2D eigenvalue weighted by atomic mass is 10.1. The molecular formula is C13H11ClN2O3. The third-order valence-electron chi connectivity index (χ3n) is 2.57. The third-order valence-corrected chi connectivity index (χ3v) is 2.89. The van der Waals surface area contributed by atoms with Crippen LogP contribution in [0.2, 0.25) is 5.02 Å². The maximum Gasteiger partial charge on any atom is 0.339 e. The number of halogens is 1. The molecule has 0 aliphatic heterocycles. The molecule has 6 heteroatoms. The van der Waals surface area contributed by atoms with Crippen molar-refractivity contribution in [3.05, 3.63) is 52.3 Å². The SMILES string of the molecule is COC(=O)c1ccc(Cn2cc(C=O)cn2)cc1Cl. The number of hydrogen-bond acceptors (Lipinski definition) is 4. The van der Waals surface area contributed by atoms with Gasteiger partial charge in [0.1, 0.15) is 0 Å². The summed E-state index contributed by atoms with van der Waals surface area (Å²) in [6.07, 6.45) is 3.85. The molecule has 1 aromatic heterocycles. The molecule has 2 rings (SSSR count). The fourth-order valence-electron chi connectivity index (χ4n) is 1.65. The Balaban J connectivity index is 2.20. The number of carbonyl (C=O) groups excluding carboxylic acids is 2. The first kappa shape index (κ1) is 13.3. The molecule has 5 nitrogen and oxygen atoms in total. The molecule has 0 unspecified atom stereocenters. The van der Waals surface area contributed by atoms with Gasteiger partial charge in [-0.2, -0.15) is 5.10 Å². The highest BCUT2D eigenvalue weighted by atomic mass is 35.5. The molecule has 0 saturated carbocycles. The van der Waals surface area contributed by atoms with Gasteiger partial charge in [-0.05, 0) is 17.7 Å². The molecule has 0 spiro atoms.